The van der Waals surface area contributed by atoms with Crippen LogP contribution in [0, 0.1) is 0 Å². The Hall–Kier alpha value is -2.27. The predicted octanol–water partition coefficient (Wildman–Crippen LogP) is 1.52. The van der Waals surface area contributed by atoms with Crippen LogP contribution in [0.15, 0.2) is 35.9 Å². The first-order valence-electron chi connectivity index (χ1n) is 5.64. The SMILES string of the molecule is COc1ccc(OC)c(/C=C/C2=CC(=O)OC2O)c1. The zero-order chi connectivity index (χ0) is 13.8. The molecule has 1 aliphatic rings. The number of carbonyl (C=O) groups excluding carboxylic acids is 1. The highest BCUT2D eigenvalue weighted by atomic mass is 16.6. The lowest BCUT2D eigenvalue weighted by molar-refractivity contribution is -0.150. The van der Waals surface area contributed by atoms with E-state index in [0.29, 0.717) is 17.1 Å². The van der Waals surface area contributed by atoms with Crippen molar-refractivity contribution in [2.24, 2.45) is 0 Å². The molecule has 5 nitrogen and oxygen atoms in total. The summed E-state index contributed by atoms with van der Waals surface area (Å²) in [6.45, 7) is 0. The second kappa shape index (κ2) is 5.58. The summed E-state index contributed by atoms with van der Waals surface area (Å²) in [4.78, 5) is 11.0. The van der Waals surface area contributed by atoms with Crippen molar-refractivity contribution in [3.8, 4) is 11.5 Å². The van der Waals surface area contributed by atoms with Gasteiger partial charge in [0, 0.05) is 17.2 Å². The van der Waals surface area contributed by atoms with Crippen LogP contribution in [0.25, 0.3) is 6.08 Å². The second-order valence-electron chi connectivity index (χ2n) is 3.87. The fourth-order valence-electron chi connectivity index (χ4n) is 1.71. The summed E-state index contributed by atoms with van der Waals surface area (Å²) in [6.07, 6.45) is 3.36. The van der Waals surface area contributed by atoms with Crippen molar-refractivity contribution < 1.29 is 24.1 Å². The maximum atomic E-state index is 11.0. The van der Waals surface area contributed by atoms with Crippen molar-refractivity contribution in [2.75, 3.05) is 14.2 Å². The highest BCUT2D eigenvalue weighted by Crippen LogP contribution is 2.26. The minimum atomic E-state index is -1.21. The third kappa shape index (κ3) is 2.95. The van der Waals surface area contributed by atoms with Crippen molar-refractivity contribution in [2.45, 2.75) is 6.29 Å². The summed E-state index contributed by atoms with van der Waals surface area (Å²) in [6, 6.07) is 5.35. The summed E-state index contributed by atoms with van der Waals surface area (Å²) in [5.41, 5.74) is 1.17. The zero-order valence-electron chi connectivity index (χ0n) is 10.6. The number of aliphatic hydroxyl groups is 1. The van der Waals surface area contributed by atoms with E-state index in [9.17, 15) is 9.90 Å². The quantitative estimate of drug-likeness (QED) is 0.833. The Kier molecular flexibility index (Phi) is 3.87. The Morgan fingerprint density at radius 2 is 2.05 bits per heavy atom. The van der Waals surface area contributed by atoms with Crippen LogP contribution >= 0.6 is 0 Å². The number of hydrogen-bond donors (Lipinski definition) is 1. The van der Waals surface area contributed by atoms with E-state index in [-0.39, 0.29) is 0 Å². The van der Waals surface area contributed by atoms with E-state index >= 15 is 0 Å². The number of methoxy groups -OCH3 is 2. The van der Waals surface area contributed by atoms with Gasteiger partial charge < -0.3 is 19.3 Å². The molecule has 100 valence electrons. The van der Waals surface area contributed by atoms with E-state index in [1.807, 2.05) is 0 Å². The Bertz CT molecular complexity index is 545. The molecule has 0 saturated carbocycles. The number of carbonyl (C=O) groups is 1. The molecule has 0 radical (unpaired) electrons. The number of cyclic esters (lactones) is 1. The number of hydrogen-bond acceptors (Lipinski definition) is 5. The number of rotatable bonds is 4. The highest BCUT2D eigenvalue weighted by molar-refractivity contribution is 5.86. The average Bonchev–Trinajstić information content (AvgIpc) is 2.74. The van der Waals surface area contributed by atoms with E-state index in [2.05, 4.69) is 4.74 Å². The number of benzene rings is 1. The van der Waals surface area contributed by atoms with Crippen LogP contribution < -0.4 is 9.47 Å². The van der Waals surface area contributed by atoms with Crippen LogP contribution in [0.1, 0.15) is 5.56 Å². The molecule has 0 aliphatic carbocycles. The van der Waals surface area contributed by atoms with E-state index < -0.39 is 12.3 Å². The maximum absolute atomic E-state index is 11.0. The summed E-state index contributed by atoms with van der Waals surface area (Å²) in [5, 5.41) is 9.45. The van der Waals surface area contributed by atoms with Gasteiger partial charge in [0.2, 0.25) is 6.29 Å². The van der Waals surface area contributed by atoms with Crippen molar-refractivity contribution in [3.05, 3.63) is 41.5 Å². The molecular weight excluding hydrogens is 248 g/mol. The molecule has 5 heteroatoms. The van der Waals surface area contributed by atoms with Crippen LogP contribution in [-0.2, 0) is 9.53 Å². The first kappa shape index (κ1) is 13.2. The monoisotopic (exact) mass is 262 g/mol. The Balaban J connectivity index is 2.27. The maximum Gasteiger partial charge on any atom is 0.333 e. The molecule has 0 aromatic heterocycles. The van der Waals surface area contributed by atoms with E-state index in [4.69, 9.17) is 9.47 Å². The first-order valence-corrected chi connectivity index (χ1v) is 5.64. The van der Waals surface area contributed by atoms with Crippen LogP contribution in [0.5, 0.6) is 11.5 Å². The lowest BCUT2D eigenvalue weighted by Crippen LogP contribution is -2.08. The van der Waals surface area contributed by atoms with Gasteiger partial charge in [-0.15, -0.1) is 0 Å². The van der Waals surface area contributed by atoms with Gasteiger partial charge in [-0.2, -0.15) is 0 Å². The number of ether oxygens (including phenoxy) is 3. The summed E-state index contributed by atoms with van der Waals surface area (Å²) in [5.74, 6) is 0.802. The van der Waals surface area contributed by atoms with Gasteiger partial charge in [0.1, 0.15) is 11.5 Å². The molecular formula is C14H14O5. The molecule has 1 heterocycles. The van der Waals surface area contributed by atoms with Gasteiger partial charge in [0.25, 0.3) is 0 Å². The Morgan fingerprint density at radius 1 is 1.26 bits per heavy atom. The van der Waals surface area contributed by atoms with Crippen molar-refractivity contribution in [1.29, 1.82) is 0 Å². The molecule has 0 saturated heterocycles. The largest absolute Gasteiger partial charge is 0.497 e. The third-order valence-electron chi connectivity index (χ3n) is 2.69. The van der Waals surface area contributed by atoms with Crippen LogP contribution in [0.4, 0.5) is 0 Å². The Labute approximate surface area is 110 Å². The number of esters is 1. The second-order valence-corrected chi connectivity index (χ2v) is 3.87. The minimum Gasteiger partial charge on any atom is -0.497 e. The topological polar surface area (TPSA) is 65.0 Å². The van der Waals surface area contributed by atoms with Crippen molar-refractivity contribution in [3.63, 3.8) is 0 Å². The lowest BCUT2D eigenvalue weighted by atomic mass is 10.1. The molecule has 0 fully saturated rings. The van der Waals surface area contributed by atoms with Gasteiger partial charge in [-0.25, -0.2) is 4.79 Å². The van der Waals surface area contributed by atoms with Gasteiger partial charge in [0.15, 0.2) is 0 Å². The molecule has 2 rings (SSSR count). The van der Waals surface area contributed by atoms with Crippen LogP contribution in [0.2, 0.25) is 0 Å². The summed E-state index contributed by atoms with van der Waals surface area (Å²) in [7, 11) is 3.14. The highest BCUT2D eigenvalue weighted by Gasteiger charge is 2.21. The molecule has 1 aromatic rings. The average molecular weight is 262 g/mol. The molecule has 0 spiro atoms. The minimum absolute atomic E-state index is 0.398. The zero-order valence-corrected chi connectivity index (χ0v) is 10.6. The Morgan fingerprint density at radius 3 is 2.63 bits per heavy atom. The van der Waals surface area contributed by atoms with Gasteiger partial charge in [-0.3, -0.25) is 0 Å². The summed E-state index contributed by atoms with van der Waals surface area (Å²) >= 11 is 0. The van der Waals surface area contributed by atoms with Gasteiger partial charge in [-0.05, 0) is 18.2 Å². The van der Waals surface area contributed by atoms with Crippen LogP contribution in [0.3, 0.4) is 0 Å². The summed E-state index contributed by atoms with van der Waals surface area (Å²) < 4.78 is 14.9. The number of aliphatic hydroxyl groups excluding tert-OH is 1. The van der Waals surface area contributed by atoms with Crippen LogP contribution in [-0.4, -0.2) is 31.6 Å². The molecule has 1 aliphatic heterocycles. The smallest absolute Gasteiger partial charge is 0.333 e. The normalized spacial score (nSPS) is 18.4. The van der Waals surface area contributed by atoms with Gasteiger partial charge in [-0.1, -0.05) is 12.2 Å². The van der Waals surface area contributed by atoms with E-state index in [1.165, 1.54) is 6.08 Å². The lowest BCUT2D eigenvalue weighted by Gasteiger charge is -2.07. The standard InChI is InChI=1S/C14H14O5/c1-17-11-5-6-12(18-2)9(7-11)3-4-10-8-13(15)19-14(10)16/h3-8,14,16H,1-2H3/b4-3+. The molecule has 1 unspecified atom stereocenters. The van der Waals surface area contributed by atoms with Gasteiger partial charge in [0.05, 0.1) is 14.2 Å². The first-order chi connectivity index (χ1) is 9.13. The van der Waals surface area contributed by atoms with Crippen molar-refractivity contribution >= 4 is 12.0 Å². The fraction of sp³-hybridized carbons (Fsp3) is 0.214. The molecule has 0 amide bonds. The molecule has 1 atom stereocenters. The van der Waals surface area contributed by atoms with E-state index in [0.717, 1.165) is 5.56 Å². The van der Waals surface area contributed by atoms with E-state index in [1.54, 1.807) is 44.6 Å². The third-order valence-corrected chi connectivity index (χ3v) is 2.69. The molecule has 19 heavy (non-hydrogen) atoms. The predicted molar refractivity (Wildman–Crippen MR) is 68.8 cm³/mol. The molecule has 0 bridgehead atoms. The fourth-order valence-corrected chi connectivity index (χ4v) is 1.71. The molecule has 1 N–H and O–H groups in total. The van der Waals surface area contributed by atoms with Gasteiger partial charge >= 0.3 is 5.97 Å². The molecule has 1 aromatic carbocycles. The van der Waals surface area contributed by atoms with Crippen molar-refractivity contribution in [1.82, 2.24) is 0 Å².